The summed E-state index contributed by atoms with van der Waals surface area (Å²) in [5.74, 6) is 6.24. The summed E-state index contributed by atoms with van der Waals surface area (Å²) in [6, 6.07) is 0. The summed E-state index contributed by atoms with van der Waals surface area (Å²) < 4.78 is 0. The lowest BCUT2D eigenvalue weighted by molar-refractivity contribution is -0.385. The van der Waals surface area contributed by atoms with E-state index in [0.29, 0.717) is 22.7 Å². The van der Waals surface area contributed by atoms with E-state index in [1.807, 2.05) is 0 Å². The van der Waals surface area contributed by atoms with Crippen molar-refractivity contribution in [3.8, 4) is 0 Å². The first kappa shape index (κ1) is 11.5. The minimum atomic E-state index is -0.416. The van der Waals surface area contributed by atoms with Crippen LogP contribution in [-0.2, 0) is 0 Å². The van der Waals surface area contributed by atoms with Crippen LogP contribution in [0.15, 0.2) is 0 Å². The predicted octanol–water partition coefficient (Wildman–Crippen LogP) is 2.29. The molecule has 6 aliphatic rings. The Morgan fingerprint density at radius 1 is 0.700 bits per heavy atom. The van der Waals surface area contributed by atoms with Crippen LogP contribution in [0.2, 0.25) is 0 Å². The SMILES string of the molecule is CC12C3C([C@@H]4CC[C@H]3C4)C1(C)C1C2[C@H]2C[C@@H]1[C@H](O)[C@@H]2O. The molecule has 2 nitrogen and oxygen atoms in total. The van der Waals surface area contributed by atoms with Crippen LogP contribution in [0.3, 0.4) is 0 Å². The van der Waals surface area contributed by atoms with Crippen molar-refractivity contribution >= 4 is 0 Å². The highest BCUT2D eigenvalue weighted by Crippen LogP contribution is 2.92. The van der Waals surface area contributed by atoms with E-state index in [9.17, 15) is 10.2 Å². The highest BCUT2D eigenvalue weighted by atomic mass is 16.3. The molecule has 0 aromatic rings. The van der Waals surface area contributed by atoms with Gasteiger partial charge < -0.3 is 10.2 Å². The van der Waals surface area contributed by atoms with Crippen LogP contribution in [0, 0.1) is 58.2 Å². The molecule has 0 aliphatic heterocycles. The molecule has 6 fully saturated rings. The Labute approximate surface area is 120 Å². The summed E-state index contributed by atoms with van der Waals surface area (Å²) in [5.41, 5.74) is 1.01. The highest BCUT2D eigenvalue weighted by Gasteiger charge is 2.89. The molecule has 0 radical (unpaired) electrons. The molecular formula is C18H26O2. The summed E-state index contributed by atoms with van der Waals surface area (Å²) in [5, 5.41) is 20.7. The van der Waals surface area contributed by atoms with Gasteiger partial charge in [0.2, 0.25) is 0 Å². The average molecular weight is 274 g/mol. The van der Waals surface area contributed by atoms with Gasteiger partial charge in [0.15, 0.2) is 0 Å². The van der Waals surface area contributed by atoms with Crippen LogP contribution in [-0.4, -0.2) is 22.4 Å². The van der Waals surface area contributed by atoms with Crippen molar-refractivity contribution in [2.75, 3.05) is 0 Å². The second kappa shape index (κ2) is 2.88. The summed E-state index contributed by atoms with van der Waals surface area (Å²) in [6.45, 7) is 5.13. The maximum absolute atomic E-state index is 10.4. The van der Waals surface area contributed by atoms with E-state index in [1.54, 1.807) is 0 Å². The second-order valence-corrected chi connectivity index (χ2v) is 9.55. The van der Waals surface area contributed by atoms with Gasteiger partial charge in [-0.3, -0.25) is 0 Å². The van der Waals surface area contributed by atoms with Gasteiger partial charge in [0.25, 0.3) is 0 Å². The number of fused-ring (bicyclic) bond motifs is 15. The van der Waals surface area contributed by atoms with Crippen LogP contribution in [0.25, 0.3) is 0 Å². The van der Waals surface area contributed by atoms with Crippen LogP contribution < -0.4 is 0 Å². The first-order valence-electron chi connectivity index (χ1n) is 8.87. The molecule has 6 rings (SSSR count). The van der Waals surface area contributed by atoms with E-state index in [2.05, 4.69) is 13.8 Å². The molecule has 6 saturated carbocycles. The third-order valence-electron chi connectivity index (χ3n) is 9.93. The highest BCUT2D eigenvalue weighted by molar-refractivity contribution is 5.36. The Hall–Kier alpha value is -0.0800. The van der Waals surface area contributed by atoms with E-state index in [4.69, 9.17) is 0 Å². The fourth-order valence-electron chi connectivity index (χ4n) is 9.69. The predicted molar refractivity (Wildman–Crippen MR) is 74.6 cm³/mol. The van der Waals surface area contributed by atoms with E-state index in [0.717, 1.165) is 41.9 Å². The molecule has 2 N–H and O–H groups in total. The molecule has 12 atom stereocenters. The van der Waals surface area contributed by atoms with Gasteiger partial charge in [-0.25, -0.2) is 0 Å². The summed E-state index contributed by atoms with van der Waals surface area (Å²) in [7, 11) is 0. The second-order valence-electron chi connectivity index (χ2n) is 9.55. The van der Waals surface area contributed by atoms with Crippen molar-refractivity contribution in [1.82, 2.24) is 0 Å². The lowest BCUT2D eigenvalue weighted by Crippen LogP contribution is -2.82. The van der Waals surface area contributed by atoms with Gasteiger partial charge >= 0.3 is 0 Å². The van der Waals surface area contributed by atoms with E-state index < -0.39 is 12.2 Å². The van der Waals surface area contributed by atoms with E-state index >= 15 is 0 Å². The zero-order chi connectivity index (χ0) is 13.6. The monoisotopic (exact) mass is 274 g/mol. The fourth-order valence-corrected chi connectivity index (χ4v) is 9.69. The molecule has 0 spiro atoms. The zero-order valence-corrected chi connectivity index (χ0v) is 12.5. The van der Waals surface area contributed by atoms with Gasteiger partial charge in [-0.15, -0.1) is 0 Å². The van der Waals surface area contributed by atoms with Crippen LogP contribution in [0.1, 0.15) is 39.5 Å². The number of rotatable bonds is 0. The Morgan fingerprint density at radius 3 is 1.60 bits per heavy atom. The Balaban J connectivity index is 1.48. The normalized spacial score (nSPS) is 78.6. The van der Waals surface area contributed by atoms with Crippen LogP contribution in [0.4, 0.5) is 0 Å². The van der Waals surface area contributed by atoms with Gasteiger partial charge in [-0.1, -0.05) is 13.8 Å². The molecule has 110 valence electrons. The molecule has 4 bridgehead atoms. The van der Waals surface area contributed by atoms with Gasteiger partial charge in [0.1, 0.15) is 0 Å². The first-order chi connectivity index (χ1) is 9.51. The molecule has 20 heavy (non-hydrogen) atoms. The standard InChI is InChI=1S/C18H26O2/c1-17-11-7-3-4-8(5-7)12(11)18(17,2)14-10-6-9(13(14)17)15(19)16(10)20/h7-16,19-20H,3-6H2,1-2H3/t7-,8+,9+,10-,11?,12?,13?,14?,15+,16-,17?,18?. The topological polar surface area (TPSA) is 40.5 Å². The molecular weight excluding hydrogens is 248 g/mol. The van der Waals surface area contributed by atoms with Gasteiger partial charge in [0.05, 0.1) is 12.2 Å². The maximum Gasteiger partial charge on any atom is 0.0833 e. The summed E-state index contributed by atoms with van der Waals surface area (Å²) >= 11 is 0. The van der Waals surface area contributed by atoms with Gasteiger partial charge in [0, 0.05) is 0 Å². The minimum absolute atomic E-state index is 0.415. The smallest absolute Gasteiger partial charge is 0.0833 e. The molecule has 0 aromatic carbocycles. The number of aliphatic hydroxyl groups excluding tert-OH is 2. The summed E-state index contributed by atoms with van der Waals surface area (Å²) in [4.78, 5) is 0. The lowest BCUT2D eigenvalue weighted by Gasteiger charge is -2.84. The number of aliphatic hydroxyl groups is 2. The summed E-state index contributed by atoms with van der Waals surface area (Å²) in [6.07, 6.45) is 4.74. The Morgan fingerprint density at radius 2 is 1.15 bits per heavy atom. The minimum Gasteiger partial charge on any atom is -0.390 e. The molecule has 2 heteroatoms. The van der Waals surface area contributed by atoms with Crippen molar-refractivity contribution in [2.24, 2.45) is 58.2 Å². The van der Waals surface area contributed by atoms with Crippen molar-refractivity contribution in [2.45, 2.75) is 51.7 Å². The quantitative estimate of drug-likeness (QED) is 0.711. The largest absolute Gasteiger partial charge is 0.390 e. The van der Waals surface area contributed by atoms with Crippen LogP contribution in [0.5, 0.6) is 0 Å². The third-order valence-corrected chi connectivity index (χ3v) is 9.93. The van der Waals surface area contributed by atoms with Crippen molar-refractivity contribution in [1.29, 1.82) is 0 Å². The molecule has 0 heterocycles. The number of hydrogen-bond donors (Lipinski definition) is 2. The van der Waals surface area contributed by atoms with Crippen molar-refractivity contribution in [3.05, 3.63) is 0 Å². The molecule has 6 aliphatic carbocycles. The fraction of sp³-hybridized carbons (Fsp3) is 1.00. The first-order valence-corrected chi connectivity index (χ1v) is 8.87. The average Bonchev–Trinajstić information content (AvgIpc) is 3.17. The zero-order valence-electron chi connectivity index (χ0n) is 12.5. The van der Waals surface area contributed by atoms with Gasteiger partial charge in [-0.05, 0) is 83.9 Å². The Kier molecular flexibility index (Phi) is 1.65. The lowest BCUT2D eigenvalue weighted by atomic mass is 9.20. The number of hydrogen-bond acceptors (Lipinski definition) is 2. The van der Waals surface area contributed by atoms with E-state index in [-0.39, 0.29) is 0 Å². The third kappa shape index (κ3) is 0.764. The Bertz CT molecular complexity index is 474. The molecule has 0 aromatic heterocycles. The molecule has 0 amide bonds. The van der Waals surface area contributed by atoms with Crippen molar-refractivity contribution in [3.63, 3.8) is 0 Å². The van der Waals surface area contributed by atoms with Crippen LogP contribution >= 0.6 is 0 Å². The maximum atomic E-state index is 10.4. The van der Waals surface area contributed by atoms with E-state index in [1.165, 1.54) is 19.3 Å². The molecule has 6 unspecified atom stereocenters. The van der Waals surface area contributed by atoms with Gasteiger partial charge in [-0.2, -0.15) is 0 Å². The van der Waals surface area contributed by atoms with Crippen molar-refractivity contribution < 1.29 is 10.2 Å². The molecule has 0 saturated heterocycles.